The van der Waals surface area contributed by atoms with E-state index < -0.39 is 18.5 Å². The second kappa shape index (κ2) is 11.9. The first-order chi connectivity index (χ1) is 16.3. The van der Waals surface area contributed by atoms with Crippen LogP contribution in [0.4, 0.5) is 5.69 Å². The van der Waals surface area contributed by atoms with Crippen molar-refractivity contribution in [2.45, 2.75) is 11.8 Å². The van der Waals surface area contributed by atoms with E-state index in [0.717, 1.165) is 5.56 Å². The number of rotatable bonds is 9. The number of nitrogens with one attached hydrogen (secondary N) is 1. The molecule has 0 aromatic heterocycles. The smallest absolute Gasteiger partial charge is 0.339 e. The molecule has 8 heteroatoms. The van der Waals surface area contributed by atoms with Crippen LogP contribution in [0.2, 0.25) is 0 Å². The van der Waals surface area contributed by atoms with Crippen LogP contribution in [0.1, 0.15) is 15.9 Å². The molecule has 0 aliphatic heterocycles. The third kappa shape index (κ3) is 7.11. The molecule has 0 bridgehead atoms. The molecule has 0 aliphatic rings. The van der Waals surface area contributed by atoms with E-state index in [1.54, 1.807) is 62.6 Å². The summed E-state index contributed by atoms with van der Waals surface area (Å²) in [5.74, 6) is 0.0918. The number of esters is 1. The van der Waals surface area contributed by atoms with Crippen LogP contribution < -0.4 is 10.1 Å². The van der Waals surface area contributed by atoms with Crippen LogP contribution in [0, 0.1) is 6.92 Å². The zero-order valence-corrected chi connectivity index (χ0v) is 20.1. The van der Waals surface area contributed by atoms with Gasteiger partial charge in [0.2, 0.25) is 5.91 Å². The van der Waals surface area contributed by atoms with Gasteiger partial charge in [-0.1, -0.05) is 42.0 Å². The average Bonchev–Trinajstić information content (AvgIpc) is 2.83. The van der Waals surface area contributed by atoms with E-state index in [1.165, 1.54) is 16.7 Å². The van der Waals surface area contributed by atoms with Crippen molar-refractivity contribution in [1.82, 2.24) is 4.90 Å². The maximum atomic E-state index is 12.6. The molecule has 3 aromatic carbocycles. The lowest BCUT2D eigenvalue weighted by Crippen LogP contribution is -2.23. The van der Waals surface area contributed by atoms with Gasteiger partial charge in [-0.15, -0.1) is 11.8 Å². The summed E-state index contributed by atoms with van der Waals surface area (Å²) < 4.78 is 11.1. The summed E-state index contributed by atoms with van der Waals surface area (Å²) in [5, 5.41) is 2.72. The van der Waals surface area contributed by atoms with Crippen molar-refractivity contribution in [3.8, 4) is 11.5 Å². The molecular formula is C26H26N2O5S. The molecule has 1 N–H and O–H groups in total. The maximum absolute atomic E-state index is 12.6. The molecule has 34 heavy (non-hydrogen) atoms. The van der Waals surface area contributed by atoms with Crippen LogP contribution in [0.5, 0.6) is 11.5 Å². The van der Waals surface area contributed by atoms with E-state index in [2.05, 4.69) is 5.32 Å². The largest absolute Gasteiger partial charge is 0.455 e. The minimum absolute atomic E-state index is 0.0703. The Bertz CT molecular complexity index is 1160. The van der Waals surface area contributed by atoms with Crippen LogP contribution in [0.15, 0.2) is 77.7 Å². The quantitative estimate of drug-likeness (QED) is 0.353. The van der Waals surface area contributed by atoms with Gasteiger partial charge in [0.15, 0.2) is 12.4 Å². The van der Waals surface area contributed by atoms with E-state index in [4.69, 9.17) is 9.47 Å². The highest BCUT2D eigenvalue weighted by molar-refractivity contribution is 8.00. The van der Waals surface area contributed by atoms with Crippen molar-refractivity contribution in [2.75, 3.05) is 31.8 Å². The molecule has 0 atom stereocenters. The van der Waals surface area contributed by atoms with Crippen LogP contribution >= 0.6 is 11.8 Å². The summed E-state index contributed by atoms with van der Waals surface area (Å²) >= 11 is 1.24. The standard InChI is InChI=1S/C26H26N2O5S/c1-18-12-14-19(15-13-18)33-22-10-6-5-9-21(22)27-24(29)16-32-26(31)20-8-4-7-11-23(20)34-17-25(30)28(2)3/h4-15H,16-17H2,1-3H3,(H,27,29). The first-order valence-corrected chi connectivity index (χ1v) is 11.5. The Labute approximate surface area is 203 Å². The molecule has 0 saturated carbocycles. The fourth-order valence-electron chi connectivity index (χ4n) is 2.82. The van der Waals surface area contributed by atoms with Gasteiger partial charge in [-0.05, 0) is 43.3 Å². The Morgan fingerprint density at radius 1 is 0.912 bits per heavy atom. The Morgan fingerprint density at radius 2 is 1.59 bits per heavy atom. The van der Waals surface area contributed by atoms with E-state index in [9.17, 15) is 14.4 Å². The average molecular weight is 479 g/mol. The number of amides is 2. The number of para-hydroxylation sites is 2. The van der Waals surface area contributed by atoms with Gasteiger partial charge >= 0.3 is 5.97 Å². The number of ether oxygens (including phenoxy) is 2. The lowest BCUT2D eigenvalue weighted by Gasteiger charge is -2.13. The predicted octanol–water partition coefficient (Wildman–Crippen LogP) is 4.76. The van der Waals surface area contributed by atoms with Crippen LogP contribution in [-0.2, 0) is 14.3 Å². The summed E-state index contributed by atoms with van der Waals surface area (Å²) in [6, 6.07) is 21.4. The molecule has 7 nitrogen and oxygen atoms in total. The molecule has 0 fully saturated rings. The van der Waals surface area contributed by atoms with Crippen molar-refractivity contribution < 1.29 is 23.9 Å². The van der Waals surface area contributed by atoms with Crippen LogP contribution in [0.25, 0.3) is 0 Å². The highest BCUT2D eigenvalue weighted by Crippen LogP contribution is 2.29. The number of carbonyl (C=O) groups is 3. The number of aryl methyl sites for hydroxylation is 1. The highest BCUT2D eigenvalue weighted by Gasteiger charge is 2.17. The number of anilines is 1. The fourth-order valence-corrected chi connectivity index (χ4v) is 3.84. The molecule has 0 aliphatic carbocycles. The predicted molar refractivity (Wildman–Crippen MR) is 132 cm³/mol. The first kappa shape index (κ1) is 24.9. The van der Waals surface area contributed by atoms with Gasteiger partial charge in [0.25, 0.3) is 5.91 Å². The van der Waals surface area contributed by atoms with Crippen molar-refractivity contribution in [1.29, 1.82) is 0 Å². The van der Waals surface area contributed by atoms with Crippen molar-refractivity contribution >= 4 is 35.2 Å². The minimum atomic E-state index is -0.639. The SMILES string of the molecule is Cc1ccc(Oc2ccccc2NC(=O)COC(=O)c2ccccc2SCC(=O)N(C)C)cc1. The van der Waals surface area contributed by atoms with Gasteiger partial charge < -0.3 is 19.7 Å². The monoisotopic (exact) mass is 478 g/mol. The number of thioether (sulfide) groups is 1. The summed E-state index contributed by atoms with van der Waals surface area (Å²) in [6.07, 6.45) is 0. The molecule has 0 unspecified atom stereocenters. The van der Waals surface area contributed by atoms with Gasteiger partial charge in [-0.2, -0.15) is 0 Å². The lowest BCUT2D eigenvalue weighted by atomic mass is 10.2. The fraction of sp³-hybridized carbons (Fsp3) is 0.192. The lowest BCUT2D eigenvalue weighted by molar-refractivity contribution is -0.125. The molecule has 0 saturated heterocycles. The van der Waals surface area contributed by atoms with Gasteiger partial charge in [-0.25, -0.2) is 4.79 Å². The number of carbonyl (C=O) groups excluding carboxylic acids is 3. The zero-order chi connectivity index (χ0) is 24.5. The number of hydrogen-bond acceptors (Lipinski definition) is 6. The summed E-state index contributed by atoms with van der Waals surface area (Å²) in [5.41, 5.74) is 1.87. The number of nitrogens with zero attached hydrogens (tertiary/aromatic N) is 1. The molecule has 2 amide bonds. The van der Waals surface area contributed by atoms with Gasteiger partial charge in [-0.3, -0.25) is 9.59 Å². The number of benzene rings is 3. The normalized spacial score (nSPS) is 10.3. The molecular weight excluding hydrogens is 452 g/mol. The van der Waals surface area contributed by atoms with Crippen molar-refractivity contribution in [2.24, 2.45) is 0 Å². The van der Waals surface area contributed by atoms with Crippen molar-refractivity contribution in [3.63, 3.8) is 0 Å². The third-order valence-corrected chi connectivity index (χ3v) is 5.76. The molecule has 3 aromatic rings. The molecule has 176 valence electrons. The Morgan fingerprint density at radius 3 is 2.32 bits per heavy atom. The summed E-state index contributed by atoms with van der Waals surface area (Å²) in [6.45, 7) is 1.52. The highest BCUT2D eigenvalue weighted by atomic mass is 32.2. The first-order valence-electron chi connectivity index (χ1n) is 10.6. The second-order valence-corrected chi connectivity index (χ2v) is 8.63. The molecule has 0 radical (unpaired) electrons. The van der Waals surface area contributed by atoms with Crippen LogP contribution in [0.3, 0.4) is 0 Å². The van der Waals surface area contributed by atoms with Gasteiger partial charge in [0, 0.05) is 19.0 Å². The Balaban J connectivity index is 1.59. The van der Waals surface area contributed by atoms with E-state index in [0.29, 0.717) is 27.6 Å². The topological polar surface area (TPSA) is 84.9 Å². The summed E-state index contributed by atoms with van der Waals surface area (Å²) in [7, 11) is 3.34. The zero-order valence-electron chi connectivity index (χ0n) is 19.2. The van der Waals surface area contributed by atoms with Gasteiger partial charge in [0.1, 0.15) is 5.75 Å². The minimum Gasteiger partial charge on any atom is -0.455 e. The molecule has 0 spiro atoms. The van der Waals surface area contributed by atoms with E-state index >= 15 is 0 Å². The molecule has 0 heterocycles. The Hall–Kier alpha value is -3.78. The Kier molecular flexibility index (Phi) is 8.70. The van der Waals surface area contributed by atoms with Crippen molar-refractivity contribution in [3.05, 3.63) is 83.9 Å². The van der Waals surface area contributed by atoms with E-state index in [1.807, 2.05) is 31.2 Å². The van der Waals surface area contributed by atoms with Crippen LogP contribution in [-0.4, -0.2) is 49.1 Å². The molecule has 3 rings (SSSR count). The number of hydrogen-bond donors (Lipinski definition) is 1. The van der Waals surface area contributed by atoms with Gasteiger partial charge in [0.05, 0.1) is 17.0 Å². The second-order valence-electron chi connectivity index (χ2n) is 7.61. The maximum Gasteiger partial charge on any atom is 0.339 e. The van der Waals surface area contributed by atoms with E-state index in [-0.39, 0.29) is 11.7 Å². The third-order valence-electron chi connectivity index (χ3n) is 4.70. The summed E-state index contributed by atoms with van der Waals surface area (Å²) in [4.78, 5) is 39.0.